The highest BCUT2D eigenvalue weighted by Gasteiger charge is 2.42. The highest BCUT2D eigenvalue weighted by molar-refractivity contribution is 6.01. The number of aromatic hydroxyl groups is 1. The highest BCUT2D eigenvalue weighted by atomic mass is 16.4. The molecule has 1 aliphatic rings. The van der Waals surface area contributed by atoms with Crippen molar-refractivity contribution in [3.05, 3.63) is 29.8 Å². The molecule has 1 aliphatic heterocycles. The summed E-state index contributed by atoms with van der Waals surface area (Å²) in [5, 5.41) is 88.2. The van der Waals surface area contributed by atoms with Crippen LogP contribution in [0.4, 0.5) is 0 Å². The minimum Gasteiger partial charge on any atom is -0.508 e. The number of carboxylic acid groups (broad SMARTS) is 4. The lowest BCUT2D eigenvalue weighted by Crippen LogP contribution is -2.62. The smallest absolute Gasteiger partial charge is 0.326 e. The Labute approximate surface area is 704 Å². The van der Waals surface area contributed by atoms with Gasteiger partial charge in [0.15, 0.2) is 11.9 Å². The number of rotatable bonds is 59. The summed E-state index contributed by atoms with van der Waals surface area (Å²) in [5.74, 6) is -24.4. The number of amides is 14. The maximum atomic E-state index is 14.8. The highest BCUT2D eigenvalue weighted by Crippen LogP contribution is 2.22. The van der Waals surface area contributed by atoms with E-state index in [1.54, 1.807) is 13.8 Å². The number of nitrogens with zero attached hydrogens (tertiary/aromatic N) is 3. The second-order valence-electron chi connectivity index (χ2n) is 30.2. The van der Waals surface area contributed by atoms with Crippen LogP contribution in [-0.2, 0) is 92.7 Å². The number of aliphatic imine (C=N–C) groups is 2. The van der Waals surface area contributed by atoms with Crippen molar-refractivity contribution in [3.8, 4) is 5.75 Å². The molecule has 47 heteroatoms. The lowest BCUT2D eigenvalue weighted by Gasteiger charge is -2.30. The molecular formula is C75H125N23O24. The van der Waals surface area contributed by atoms with Crippen LogP contribution in [0.5, 0.6) is 5.75 Å². The molecule has 0 unspecified atom stereocenters. The molecule has 14 amide bonds. The van der Waals surface area contributed by atoms with Gasteiger partial charge in [0.1, 0.15) is 84.3 Å². The minimum atomic E-state index is -2.11. The fraction of sp³-hybridized carbons (Fsp3) is 0.653. The number of unbranched alkanes of at least 4 members (excludes halogenated alkanes) is 2. The molecule has 1 heterocycles. The zero-order valence-corrected chi connectivity index (χ0v) is 69.5. The number of nitrogens with one attached hydrogen (secondary N) is 12. The van der Waals surface area contributed by atoms with Gasteiger partial charge in [0.25, 0.3) is 0 Å². The second kappa shape index (κ2) is 54.9. The third-order valence-corrected chi connectivity index (χ3v) is 19.6. The molecule has 0 aliphatic carbocycles. The van der Waals surface area contributed by atoms with E-state index in [1.807, 2.05) is 0 Å². The summed E-state index contributed by atoms with van der Waals surface area (Å²) in [5.41, 5.74) is 46.0. The maximum Gasteiger partial charge on any atom is 0.326 e. The van der Waals surface area contributed by atoms with E-state index in [0.29, 0.717) is 12.0 Å². The molecule has 0 bridgehead atoms. The number of aliphatic hydroxyl groups excluding tert-OH is 1. The number of aliphatic carboxylic acids is 4. The SMILES string of the molecule is CC[C@H](C)[C@H](NC(=O)[C@H](CCC(N)=O)NC(=O)[C@H](CCC(=O)O)NC(=O)[C@H](CCCN=C(N)N)NC(=O)[C@@H](N)Cc1ccc(O)cc1)C(=O)N[C@@H](CCCCN)C(=O)N[C@@H](CCCN=C(N)N)C(=O)N[C@H](C(=O)N[C@@H](CCCCN)C(=O)N[C@@H](CC(=O)O)C(=O)N[C@@H](CO)C(=O)N[C@@H](CC(=O)O)C(=O)N[C@H](C(=O)N1CCC[C@H]1C(=O)O)C(C)C)C(C)C. The molecule has 15 atom stereocenters. The van der Waals surface area contributed by atoms with Gasteiger partial charge >= 0.3 is 23.9 Å². The van der Waals surface area contributed by atoms with Crippen LogP contribution in [-0.4, -0.2) is 278 Å². The number of nitrogens with two attached hydrogens (primary N) is 8. The Bertz CT molecular complexity index is 3790. The van der Waals surface area contributed by atoms with Crippen LogP contribution in [0.15, 0.2) is 34.3 Å². The molecular weight excluding hydrogens is 1610 g/mol. The molecule has 2 rings (SSSR count). The Balaban J connectivity index is 2.56. The number of phenolic OH excluding ortho intramolecular Hbond substituents is 1. The van der Waals surface area contributed by atoms with Gasteiger partial charge in [0.2, 0.25) is 82.7 Å². The lowest BCUT2D eigenvalue weighted by molar-refractivity contribution is -0.150. The third-order valence-electron chi connectivity index (χ3n) is 19.6. The number of primary amides is 1. The fourth-order valence-corrected chi connectivity index (χ4v) is 12.5. The van der Waals surface area contributed by atoms with Gasteiger partial charge in [0.05, 0.1) is 25.5 Å². The standard InChI is InChI=1S/C75H125N23O24/c1-7-39(6)59(97-66(114)47(24-26-53(79)101)88-64(112)48(25-27-54(102)103)89-62(110)45(17-12-30-84-74(80)81)86-60(108)42(78)33-40-20-22-41(100)23-21-40)71(119)91-43(15-8-10-28-76)61(109)87-46(18-13-31-85-75(82)83)65(113)95-57(37(2)3)70(118)90-44(16-9-11-29-77)63(111)92-49(34-55(104)105)67(115)94-51(36-99)69(117)93-50(35-56(106)107)68(116)96-58(38(4)5)72(120)98-32-14-19-52(98)73(121)122/h20-23,37-39,42-52,57-59,99-100H,7-19,24-36,76-78H2,1-6H3,(H2,79,101)(H,86,108)(H,87,109)(H,88,112)(H,89,110)(H,90,118)(H,91,119)(H,92,111)(H,93,117)(H,94,115)(H,95,113)(H,96,116)(H,97,114)(H,102,103)(H,104,105)(H,106,107)(H,121,122)(H4,80,81,84)(H4,82,83,85)/t39-,42-,43-,44-,45-,46-,47-,48-,49-,50-,51-,52-,57-,58-,59-/m0/s1. The van der Waals surface area contributed by atoms with Gasteiger partial charge in [-0.15, -0.1) is 0 Å². The Morgan fingerprint density at radius 1 is 0.434 bits per heavy atom. The molecule has 0 saturated carbocycles. The number of aliphatic hydroxyl groups is 1. The number of phenols is 1. The summed E-state index contributed by atoms with van der Waals surface area (Å²) in [7, 11) is 0. The van der Waals surface area contributed by atoms with Crippen molar-refractivity contribution in [2.75, 3.05) is 39.3 Å². The van der Waals surface area contributed by atoms with Gasteiger partial charge in [0, 0.05) is 32.5 Å². The second-order valence-corrected chi connectivity index (χ2v) is 30.2. The first-order valence-corrected chi connectivity index (χ1v) is 40.2. The van der Waals surface area contributed by atoms with Crippen LogP contribution in [0.1, 0.15) is 169 Å². The van der Waals surface area contributed by atoms with Crippen LogP contribution in [0.25, 0.3) is 0 Å². The van der Waals surface area contributed by atoms with E-state index in [0.717, 1.165) is 4.90 Å². The molecule has 122 heavy (non-hydrogen) atoms. The largest absolute Gasteiger partial charge is 0.508 e. The maximum absolute atomic E-state index is 14.8. The van der Waals surface area contributed by atoms with Crippen molar-refractivity contribution >= 4 is 118 Å². The normalized spacial score (nSPS) is 15.8. The molecule has 684 valence electrons. The summed E-state index contributed by atoms with van der Waals surface area (Å²) in [6.07, 6.45) is -4.28. The monoisotopic (exact) mass is 1730 g/mol. The summed E-state index contributed by atoms with van der Waals surface area (Å²) < 4.78 is 0. The van der Waals surface area contributed by atoms with Crippen LogP contribution in [0.3, 0.4) is 0 Å². The molecule has 1 aromatic carbocycles. The summed E-state index contributed by atoms with van der Waals surface area (Å²) >= 11 is 0. The van der Waals surface area contributed by atoms with Crippen molar-refractivity contribution in [2.45, 2.75) is 255 Å². The van der Waals surface area contributed by atoms with Crippen LogP contribution in [0, 0.1) is 17.8 Å². The van der Waals surface area contributed by atoms with Crippen molar-refractivity contribution in [1.82, 2.24) is 68.7 Å². The average molecular weight is 1730 g/mol. The van der Waals surface area contributed by atoms with Gasteiger partial charge < -0.3 is 145 Å². The van der Waals surface area contributed by atoms with Gasteiger partial charge in [-0.1, -0.05) is 60.1 Å². The Kier molecular flexibility index (Phi) is 47.7. The summed E-state index contributed by atoms with van der Waals surface area (Å²) in [4.78, 5) is 254. The number of benzene rings is 1. The van der Waals surface area contributed by atoms with E-state index in [4.69, 9.17) is 45.9 Å². The van der Waals surface area contributed by atoms with Crippen molar-refractivity contribution < 1.29 is 117 Å². The van der Waals surface area contributed by atoms with E-state index >= 15 is 0 Å². The minimum absolute atomic E-state index is 0.0262. The lowest BCUT2D eigenvalue weighted by atomic mass is 9.96. The predicted octanol–water partition coefficient (Wildman–Crippen LogP) is -8.05. The molecule has 0 radical (unpaired) electrons. The number of carbonyl (C=O) groups is 18. The van der Waals surface area contributed by atoms with E-state index < -0.39 is 254 Å². The van der Waals surface area contributed by atoms with E-state index in [1.165, 1.54) is 52.0 Å². The molecule has 1 aromatic rings. The van der Waals surface area contributed by atoms with Crippen molar-refractivity contribution in [1.29, 1.82) is 0 Å². The molecule has 1 saturated heterocycles. The first-order valence-electron chi connectivity index (χ1n) is 40.2. The Morgan fingerprint density at radius 3 is 1.18 bits per heavy atom. The van der Waals surface area contributed by atoms with E-state index in [9.17, 15) is 117 Å². The average Bonchev–Trinajstić information content (AvgIpc) is 1.65. The summed E-state index contributed by atoms with van der Waals surface area (Å²) in [6, 6.07) is -17.3. The topological polar surface area (TPSA) is 809 Å². The zero-order valence-electron chi connectivity index (χ0n) is 69.5. The van der Waals surface area contributed by atoms with Crippen LogP contribution < -0.4 is 110 Å². The number of guanidine groups is 2. The number of carbonyl (C=O) groups excluding carboxylic acids is 14. The van der Waals surface area contributed by atoms with Crippen LogP contribution in [0.2, 0.25) is 0 Å². The van der Waals surface area contributed by atoms with E-state index in [2.05, 4.69) is 73.8 Å². The molecule has 34 N–H and O–H groups in total. The first kappa shape index (κ1) is 106. The number of hydrogen-bond donors (Lipinski definition) is 26. The first-order chi connectivity index (χ1) is 57.4. The quantitative estimate of drug-likeness (QED) is 0.0164. The van der Waals surface area contributed by atoms with Crippen molar-refractivity contribution in [3.63, 3.8) is 0 Å². The Hall–Kier alpha value is -12.1. The zero-order chi connectivity index (χ0) is 92.2. The van der Waals surface area contributed by atoms with Crippen LogP contribution >= 0.6 is 0 Å². The van der Waals surface area contributed by atoms with E-state index in [-0.39, 0.29) is 134 Å². The number of hydrogen-bond acceptors (Lipinski definition) is 25. The fourth-order valence-electron chi connectivity index (χ4n) is 12.5. The molecule has 0 spiro atoms. The molecule has 1 fully saturated rings. The number of likely N-dealkylation sites (tertiary alicyclic amines) is 1. The molecule has 47 nitrogen and oxygen atoms in total. The van der Waals surface area contributed by atoms with Gasteiger partial charge in [-0.2, -0.15) is 0 Å². The Morgan fingerprint density at radius 2 is 0.787 bits per heavy atom. The summed E-state index contributed by atoms with van der Waals surface area (Å²) in [6.45, 7) is 7.94. The predicted molar refractivity (Wildman–Crippen MR) is 437 cm³/mol. The molecule has 0 aromatic heterocycles. The van der Waals surface area contributed by atoms with Gasteiger partial charge in [-0.25, -0.2) is 4.79 Å². The van der Waals surface area contributed by atoms with Crippen molar-refractivity contribution in [2.24, 2.45) is 73.6 Å². The van der Waals surface area contributed by atoms with Gasteiger partial charge in [-0.3, -0.25) is 91.5 Å². The van der Waals surface area contributed by atoms with Gasteiger partial charge in [-0.05, 0) is 145 Å². The number of carboxylic acids is 4. The third kappa shape index (κ3) is 38.9.